The van der Waals surface area contributed by atoms with Crippen LogP contribution in [0, 0.1) is 6.92 Å². The minimum Gasteiger partial charge on any atom is -0.455 e. The number of amides is 1. The van der Waals surface area contributed by atoms with Gasteiger partial charge < -0.3 is 4.42 Å². The molecule has 4 nitrogen and oxygen atoms in total. The molecular formula is C19H15BrN2O2. The smallest absolute Gasteiger partial charge is 0.271 e. The number of hydrogen-bond acceptors (Lipinski definition) is 3. The standard InChI is InChI=1S/C19H15BrN2O2/c1-13-4-2-3-5-17(13)19(23)22-21-12-16-10-11-18(24-16)14-6-8-15(20)9-7-14/h2-12H,1H3,(H,22,23)/b21-12+. The van der Waals surface area contributed by atoms with E-state index in [1.165, 1.54) is 6.21 Å². The molecule has 120 valence electrons. The topological polar surface area (TPSA) is 54.6 Å². The van der Waals surface area contributed by atoms with Gasteiger partial charge in [-0.05, 0) is 42.8 Å². The monoisotopic (exact) mass is 382 g/mol. The van der Waals surface area contributed by atoms with Gasteiger partial charge in [0.05, 0.1) is 6.21 Å². The van der Waals surface area contributed by atoms with Gasteiger partial charge in [0.2, 0.25) is 0 Å². The summed E-state index contributed by atoms with van der Waals surface area (Å²) in [6, 6.07) is 18.9. The number of halogens is 1. The molecule has 0 radical (unpaired) electrons. The van der Waals surface area contributed by atoms with Gasteiger partial charge in [-0.25, -0.2) is 5.43 Å². The fourth-order valence-corrected chi connectivity index (χ4v) is 2.50. The summed E-state index contributed by atoms with van der Waals surface area (Å²) in [5.74, 6) is 1.07. The van der Waals surface area contributed by atoms with E-state index >= 15 is 0 Å². The largest absolute Gasteiger partial charge is 0.455 e. The molecule has 0 atom stereocenters. The van der Waals surface area contributed by atoms with Gasteiger partial charge in [0, 0.05) is 15.6 Å². The summed E-state index contributed by atoms with van der Waals surface area (Å²) < 4.78 is 6.72. The summed E-state index contributed by atoms with van der Waals surface area (Å²) in [5, 5.41) is 3.95. The predicted molar refractivity (Wildman–Crippen MR) is 98.1 cm³/mol. The maximum Gasteiger partial charge on any atom is 0.271 e. The van der Waals surface area contributed by atoms with Crippen molar-refractivity contribution < 1.29 is 9.21 Å². The highest BCUT2D eigenvalue weighted by atomic mass is 79.9. The normalized spacial score (nSPS) is 10.9. The fourth-order valence-electron chi connectivity index (χ4n) is 2.23. The second-order valence-corrected chi connectivity index (χ2v) is 6.14. The third-order valence-corrected chi connectivity index (χ3v) is 4.03. The van der Waals surface area contributed by atoms with Crippen LogP contribution in [0.25, 0.3) is 11.3 Å². The van der Waals surface area contributed by atoms with E-state index in [9.17, 15) is 4.79 Å². The highest BCUT2D eigenvalue weighted by Crippen LogP contribution is 2.23. The maximum absolute atomic E-state index is 12.1. The summed E-state index contributed by atoms with van der Waals surface area (Å²) in [5.41, 5.74) is 4.99. The van der Waals surface area contributed by atoms with Crippen molar-refractivity contribution in [1.82, 2.24) is 5.43 Å². The van der Waals surface area contributed by atoms with Crippen molar-refractivity contribution >= 4 is 28.1 Å². The van der Waals surface area contributed by atoms with Gasteiger partial charge in [0.1, 0.15) is 11.5 Å². The lowest BCUT2D eigenvalue weighted by Crippen LogP contribution is -2.18. The number of rotatable bonds is 4. The Balaban J connectivity index is 1.66. The van der Waals surface area contributed by atoms with Crippen molar-refractivity contribution in [2.75, 3.05) is 0 Å². The first kappa shape index (κ1) is 16.2. The molecule has 1 amide bonds. The number of nitrogens with one attached hydrogen (secondary N) is 1. The number of carbonyl (C=O) groups excluding carboxylic acids is 1. The minimum absolute atomic E-state index is 0.246. The number of hydrazone groups is 1. The summed E-state index contributed by atoms with van der Waals surface area (Å²) >= 11 is 3.40. The maximum atomic E-state index is 12.1. The predicted octanol–water partition coefficient (Wildman–Crippen LogP) is 4.78. The van der Waals surface area contributed by atoms with E-state index in [1.807, 2.05) is 55.5 Å². The molecule has 0 fully saturated rings. The lowest BCUT2D eigenvalue weighted by Gasteiger charge is -2.02. The van der Waals surface area contributed by atoms with Crippen molar-refractivity contribution in [3.05, 3.63) is 82.0 Å². The van der Waals surface area contributed by atoms with Gasteiger partial charge in [-0.1, -0.05) is 46.3 Å². The average molecular weight is 383 g/mol. The first-order valence-corrected chi connectivity index (χ1v) is 8.17. The number of nitrogens with zero attached hydrogens (tertiary/aromatic N) is 1. The molecule has 0 aliphatic rings. The molecule has 0 spiro atoms. The Morgan fingerprint density at radius 3 is 2.58 bits per heavy atom. The van der Waals surface area contributed by atoms with Crippen molar-refractivity contribution in [3.63, 3.8) is 0 Å². The molecule has 0 unspecified atom stereocenters. The highest BCUT2D eigenvalue weighted by Gasteiger charge is 2.07. The lowest BCUT2D eigenvalue weighted by atomic mass is 10.1. The van der Waals surface area contributed by atoms with E-state index in [2.05, 4.69) is 26.5 Å². The molecule has 0 saturated heterocycles. The first-order valence-electron chi connectivity index (χ1n) is 7.38. The fraction of sp³-hybridized carbons (Fsp3) is 0.0526. The number of carbonyl (C=O) groups is 1. The quantitative estimate of drug-likeness (QED) is 0.521. The van der Waals surface area contributed by atoms with Crippen molar-refractivity contribution in [2.24, 2.45) is 5.10 Å². The number of aryl methyl sites for hydroxylation is 1. The molecule has 2 aromatic carbocycles. The Hall–Kier alpha value is -2.66. The van der Waals surface area contributed by atoms with Gasteiger partial charge in [-0.15, -0.1) is 0 Å². The lowest BCUT2D eigenvalue weighted by molar-refractivity contribution is 0.0954. The Bertz CT molecular complexity index is 882. The summed E-state index contributed by atoms with van der Waals surface area (Å²) in [6.07, 6.45) is 1.48. The number of furan rings is 1. The third kappa shape index (κ3) is 3.81. The van der Waals surface area contributed by atoms with E-state index in [0.29, 0.717) is 11.3 Å². The molecule has 1 aromatic heterocycles. The van der Waals surface area contributed by atoms with Gasteiger partial charge >= 0.3 is 0 Å². The second kappa shape index (κ2) is 7.27. The van der Waals surface area contributed by atoms with Crippen molar-refractivity contribution in [1.29, 1.82) is 0 Å². The zero-order valence-corrected chi connectivity index (χ0v) is 14.6. The van der Waals surface area contributed by atoms with Crippen LogP contribution in [0.15, 0.2) is 74.7 Å². The summed E-state index contributed by atoms with van der Waals surface area (Å²) in [4.78, 5) is 12.1. The van der Waals surface area contributed by atoms with Gasteiger partial charge in [-0.3, -0.25) is 4.79 Å². The number of hydrogen-bond donors (Lipinski definition) is 1. The van der Waals surface area contributed by atoms with Crippen LogP contribution < -0.4 is 5.43 Å². The molecule has 3 rings (SSSR count). The zero-order valence-electron chi connectivity index (χ0n) is 13.0. The molecule has 24 heavy (non-hydrogen) atoms. The molecule has 0 saturated carbocycles. The van der Waals surface area contributed by atoms with E-state index in [-0.39, 0.29) is 5.91 Å². The van der Waals surface area contributed by atoms with Crippen LogP contribution in [0.5, 0.6) is 0 Å². The van der Waals surface area contributed by atoms with E-state index < -0.39 is 0 Å². The second-order valence-electron chi connectivity index (χ2n) is 5.22. The molecule has 1 heterocycles. The van der Waals surface area contributed by atoms with Crippen LogP contribution >= 0.6 is 15.9 Å². The molecule has 5 heteroatoms. The average Bonchev–Trinajstić information content (AvgIpc) is 3.04. The minimum atomic E-state index is -0.246. The van der Waals surface area contributed by atoms with Crippen LogP contribution in [0.4, 0.5) is 0 Å². The molecule has 1 N–H and O–H groups in total. The van der Waals surface area contributed by atoms with E-state index in [1.54, 1.807) is 12.1 Å². The molecule has 0 aliphatic carbocycles. The van der Waals surface area contributed by atoms with Crippen LogP contribution in [0.1, 0.15) is 21.7 Å². The van der Waals surface area contributed by atoms with Gasteiger partial charge in [-0.2, -0.15) is 5.10 Å². The summed E-state index contributed by atoms with van der Waals surface area (Å²) in [6.45, 7) is 1.88. The Labute approximate surface area is 148 Å². The third-order valence-electron chi connectivity index (χ3n) is 3.50. The van der Waals surface area contributed by atoms with E-state index in [4.69, 9.17) is 4.42 Å². The van der Waals surface area contributed by atoms with Crippen molar-refractivity contribution in [2.45, 2.75) is 6.92 Å². The Morgan fingerprint density at radius 2 is 1.83 bits per heavy atom. The van der Waals surface area contributed by atoms with Gasteiger partial charge in [0.25, 0.3) is 5.91 Å². The first-order chi connectivity index (χ1) is 11.6. The van der Waals surface area contributed by atoms with Crippen LogP contribution in [0.3, 0.4) is 0 Å². The molecule has 0 aliphatic heterocycles. The van der Waals surface area contributed by atoms with Crippen LogP contribution in [-0.2, 0) is 0 Å². The van der Waals surface area contributed by atoms with Crippen molar-refractivity contribution in [3.8, 4) is 11.3 Å². The Kier molecular flexibility index (Phi) is 4.91. The molecular weight excluding hydrogens is 368 g/mol. The SMILES string of the molecule is Cc1ccccc1C(=O)N/N=C/c1ccc(-c2ccc(Br)cc2)o1. The number of benzene rings is 2. The molecule has 0 bridgehead atoms. The van der Waals surface area contributed by atoms with Crippen LogP contribution in [0.2, 0.25) is 0 Å². The molecule has 3 aromatic rings. The zero-order chi connectivity index (χ0) is 16.9. The van der Waals surface area contributed by atoms with E-state index in [0.717, 1.165) is 21.4 Å². The summed E-state index contributed by atoms with van der Waals surface area (Å²) in [7, 11) is 0. The van der Waals surface area contributed by atoms with Crippen LogP contribution in [-0.4, -0.2) is 12.1 Å². The van der Waals surface area contributed by atoms with Gasteiger partial charge in [0.15, 0.2) is 0 Å². The highest BCUT2D eigenvalue weighted by molar-refractivity contribution is 9.10. The Morgan fingerprint density at radius 1 is 1.08 bits per heavy atom.